The number of fused-ring (bicyclic) bond motifs is 1. The lowest BCUT2D eigenvalue weighted by Crippen LogP contribution is -2.20. The number of amides is 1. The second-order valence-corrected chi connectivity index (χ2v) is 7.19. The van der Waals surface area contributed by atoms with Crippen LogP contribution in [0.25, 0.3) is 0 Å². The molecule has 0 spiro atoms. The minimum Gasteiger partial charge on any atom is -0.462 e. The maximum Gasteiger partial charge on any atom is 0.341 e. The van der Waals surface area contributed by atoms with Crippen LogP contribution in [0.3, 0.4) is 0 Å². The third-order valence-corrected chi connectivity index (χ3v) is 5.36. The zero-order valence-electron chi connectivity index (χ0n) is 13.8. The van der Waals surface area contributed by atoms with Gasteiger partial charge in [-0.1, -0.05) is 27.2 Å². The summed E-state index contributed by atoms with van der Waals surface area (Å²) in [5.41, 5.74) is 1.68. The van der Waals surface area contributed by atoms with Crippen LogP contribution in [0.1, 0.15) is 61.3 Å². The topological polar surface area (TPSA) is 55.4 Å². The molecule has 0 fully saturated rings. The van der Waals surface area contributed by atoms with Gasteiger partial charge in [-0.05, 0) is 37.7 Å². The molecule has 1 aliphatic carbocycles. The summed E-state index contributed by atoms with van der Waals surface area (Å²) in [6, 6.07) is 0. The Bertz CT molecular complexity index is 562. The molecule has 0 saturated carbocycles. The molecule has 1 amide bonds. The Morgan fingerprint density at radius 1 is 1.36 bits per heavy atom. The van der Waals surface area contributed by atoms with Gasteiger partial charge in [-0.2, -0.15) is 0 Å². The summed E-state index contributed by atoms with van der Waals surface area (Å²) in [6.07, 6.45) is 4.15. The highest BCUT2D eigenvalue weighted by atomic mass is 32.1. The molecule has 0 radical (unpaired) electrons. The van der Waals surface area contributed by atoms with Crippen LogP contribution >= 0.6 is 11.3 Å². The van der Waals surface area contributed by atoms with E-state index >= 15 is 0 Å². The largest absolute Gasteiger partial charge is 0.462 e. The van der Waals surface area contributed by atoms with Gasteiger partial charge in [0.1, 0.15) is 5.00 Å². The standard InChI is InChI=1S/C17H25NO3S/c1-5-11-7-8-12-13(9-11)22-16(18-15(19)10(3)4)14(12)17(20)21-6-2/h10-11H,5-9H2,1-4H3,(H,18,19)/t11-/m1/s1. The lowest BCUT2D eigenvalue weighted by Gasteiger charge is -2.20. The molecule has 2 rings (SSSR count). The van der Waals surface area contributed by atoms with E-state index in [9.17, 15) is 9.59 Å². The molecule has 0 bridgehead atoms. The number of thiophene rings is 1. The number of esters is 1. The van der Waals surface area contributed by atoms with Crippen LogP contribution in [0.5, 0.6) is 0 Å². The van der Waals surface area contributed by atoms with Crippen LogP contribution in [-0.2, 0) is 22.4 Å². The highest BCUT2D eigenvalue weighted by Gasteiger charge is 2.30. The van der Waals surface area contributed by atoms with E-state index in [-0.39, 0.29) is 17.8 Å². The number of carbonyl (C=O) groups excluding carboxylic acids is 2. The van der Waals surface area contributed by atoms with Crippen molar-refractivity contribution < 1.29 is 14.3 Å². The number of anilines is 1. The first-order valence-corrected chi connectivity index (χ1v) is 8.92. The van der Waals surface area contributed by atoms with E-state index in [1.807, 2.05) is 13.8 Å². The molecule has 5 heteroatoms. The van der Waals surface area contributed by atoms with Crippen LogP contribution in [0.2, 0.25) is 0 Å². The number of hydrogen-bond acceptors (Lipinski definition) is 4. The van der Waals surface area contributed by atoms with Crippen molar-refractivity contribution in [3.8, 4) is 0 Å². The van der Waals surface area contributed by atoms with Crippen molar-refractivity contribution in [2.75, 3.05) is 11.9 Å². The summed E-state index contributed by atoms with van der Waals surface area (Å²) in [4.78, 5) is 25.6. The third-order valence-electron chi connectivity index (χ3n) is 4.19. The Kier molecular flexibility index (Phi) is 5.62. The fourth-order valence-corrected chi connectivity index (χ4v) is 4.12. The summed E-state index contributed by atoms with van der Waals surface area (Å²) in [5, 5.41) is 3.58. The lowest BCUT2D eigenvalue weighted by atomic mass is 9.85. The van der Waals surface area contributed by atoms with Crippen molar-refractivity contribution in [2.24, 2.45) is 11.8 Å². The van der Waals surface area contributed by atoms with Crippen LogP contribution in [-0.4, -0.2) is 18.5 Å². The Morgan fingerprint density at radius 2 is 2.09 bits per heavy atom. The maximum atomic E-state index is 12.3. The van der Waals surface area contributed by atoms with Crippen molar-refractivity contribution in [1.82, 2.24) is 0 Å². The zero-order valence-corrected chi connectivity index (χ0v) is 14.6. The molecule has 0 aromatic carbocycles. The van der Waals surface area contributed by atoms with Crippen LogP contribution in [0.4, 0.5) is 5.00 Å². The van der Waals surface area contributed by atoms with E-state index in [4.69, 9.17) is 4.74 Å². The maximum absolute atomic E-state index is 12.3. The number of nitrogens with one attached hydrogen (secondary N) is 1. The molecule has 0 aliphatic heterocycles. The first kappa shape index (κ1) is 17.0. The van der Waals surface area contributed by atoms with E-state index in [0.29, 0.717) is 23.1 Å². The molecule has 1 aliphatic rings. The Balaban J connectivity index is 2.37. The van der Waals surface area contributed by atoms with Crippen LogP contribution < -0.4 is 5.32 Å². The molecule has 1 atom stereocenters. The second kappa shape index (κ2) is 7.27. The van der Waals surface area contributed by atoms with Gasteiger partial charge in [-0.3, -0.25) is 4.79 Å². The van der Waals surface area contributed by atoms with Gasteiger partial charge in [0.2, 0.25) is 5.91 Å². The molecule has 1 N–H and O–H groups in total. The summed E-state index contributed by atoms with van der Waals surface area (Å²) in [6.45, 7) is 8.05. The van der Waals surface area contributed by atoms with Crippen LogP contribution in [0, 0.1) is 11.8 Å². The van der Waals surface area contributed by atoms with Gasteiger partial charge in [0.05, 0.1) is 12.2 Å². The van der Waals surface area contributed by atoms with Gasteiger partial charge < -0.3 is 10.1 Å². The minimum absolute atomic E-state index is 0.0591. The fraction of sp³-hybridized carbons (Fsp3) is 0.647. The molecule has 0 saturated heterocycles. The van der Waals surface area contributed by atoms with Gasteiger partial charge in [-0.15, -0.1) is 11.3 Å². The van der Waals surface area contributed by atoms with Crippen molar-refractivity contribution in [1.29, 1.82) is 0 Å². The molecular weight excluding hydrogens is 298 g/mol. The molecule has 1 aromatic rings. The predicted molar refractivity (Wildman–Crippen MR) is 89.5 cm³/mol. The third kappa shape index (κ3) is 3.51. The molecule has 1 aromatic heterocycles. The smallest absolute Gasteiger partial charge is 0.341 e. The predicted octanol–water partition coefficient (Wildman–Crippen LogP) is 4.03. The quantitative estimate of drug-likeness (QED) is 0.832. The van der Waals surface area contributed by atoms with Gasteiger partial charge in [0.15, 0.2) is 0 Å². The SMILES string of the molecule is CCOC(=O)c1c(NC(=O)C(C)C)sc2c1CC[C@@H](CC)C2. The molecule has 122 valence electrons. The summed E-state index contributed by atoms with van der Waals surface area (Å²) in [5.74, 6) is 0.192. The minimum atomic E-state index is -0.311. The van der Waals surface area contributed by atoms with Crippen molar-refractivity contribution >= 4 is 28.2 Å². The second-order valence-electron chi connectivity index (χ2n) is 6.09. The normalized spacial score (nSPS) is 17.2. The zero-order chi connectivity index (χ0) is 16.3. The van der Waals surface area contributed by atoms with E-state index in [1.165, 1.54) is 4.88 Å². The van der Waals surface area contributed by atoms with Gasteiger partial charge in [-0.25, -0.2) is 4.79 Å². The van der Waals surface area contributed by atoms with E-state index in [1.54, 1.807) is 18.3 Å². The Hall–Kier alpha value is -1.36. The molecule has 22 heavy (non-hydrogen) atoms. The number of carbonyl (C=O) groups is 2. The summed E-state index contributed by atoms with van der Waals surface area (Å²) >= 11 is 1.55. The average molecular weight is 323 g/mol. The van der Waals surface area contributed by atoms with Crippen molar-refractivity contribution in [3.63, 3.8) is 0 Å². The Labute approximate surface area is 136 Å². The molecule has 1 heterocycles. The van der Waals surface area contributed by atoms with Gasteiger partial charge in [0, 0.05) is 10.8 Å². The molecule has 0 unspecified atom stereocenters. The molecule has 4 nitrogen and oxygen atoms in total. The average Bonchev–Trinajstić information content (AvgIpc) is 2.83. The summed E-state index contributed by atoms with van der Waals surface area (Å²) < 4.78 is 5.20. The van der Waals surface area contributed by atoms with Crippen molar-refractivity contribution in [3.05, 3.63) is 16.0 Å². The van der Waals surface area contributed by atoms with E-state index in [0.717, 1.165) is 31.2 Å². The monoisotopic (exact) mass is 323 g/mol. The number of rotatable bonds is 5. The highest BCUT2D eigenvalue weighted by molar-refractivity contribution is 7.17. The molecular formula is C17H25NO3S. The van der Waals surface area contributed by atoms with Gasteiger partial charge in [0.25, 0.3) is 0 Å². The fourth-order valence-electron chi connectivity index (χ4n) is 2.77. The highest BCUT2D eigenvalue weighted by Crippen LogP contribution is 2.40. The number of hydrogen-bond donors (Lipinski definition) is 1. The number of ether oxygens (including phenoxy) is 1. The van der Waals surface area contributed by atoms with Gasteiger partial charge >= 0.3 is 5.97 Å². The first-order chi connectivity index (χ1) is 10.5. The Morgan fingerprint density at radius 3 is 2.68 bits per heavy atom. The van der Waals surface area contributed by atoms with E-state index < -0.39 is 0 Å². The lowest BCUT2D eigenvalue weighted by molar-refractivity contribution is -0.118. The summed E-state index contributed by atoms with van der Waals surface area (Å²) in [7, 11) is 0. The van der Waals surface area contributed by atoms with E-state index in [2.05, 4.69) is 12.2 Å². The first-order valence-electron chi connectivity index (χ1n) is 8.10. The van der Waals surface area contributed by atoms with Crippen molar-refractivity contribution in [2.45, 2.75) is 53.4 Å². The van der Waals surface area contributed by atoms with Crippen LogP contribution in [0.15, 0.2) is 0 Å².